The fraction of sp³-hybridized carbons (Fsp3) is 0.900. The van der Waals surface area contributed by atoms with Crippen LogP contribution in [0.5, 0.6) is 0 Å². The zero-order chi connectivity index (χ0) is 10.9. The molecule has 0 bridgehead atoms. The third-order valence-electron chi connectivity index (χ3n) is 2.44. The highest BCUT2D eigenvalue weighted by molar-refractivity contribution is 6.34. The summed E-state index contributed by atoms with van der Waals surface area (Å²) in [5, 5.41) is 0. The number of nitrogens with zero attached hydrogens (tertiary/aromatic N) is 1. The highest BCUT2D eigenvalue weighted by atomic mass is 35.5. The Kier molecular flexibility index (Phi) is 4.42. The van der Waals surface area contributed by atoms with E-state index in [1.807, 2.05) is 13.8 Å². The minimum atomic E-state index is -0.194. The average molecular weight is 225 g/mol. The summed E-state index contributed by atoms with van der Waals surface area (Å²) in [7, 11) is 0. The maximum Gasteiger partial charge on any atom is 0.111 e. The molecule has 3 heteroatoms. The van der Waals surface area contributed by atoms with E-state index in [0.29, 0.717) is 0 Å². The SMILES string of the molecule is C[C+](CC(C)(C)N(Cl)Cl)C(C)(C)C. The normalized spacial score (nSPS) is 13.6. The molecule has 0 N–H and O–H groups in total. The molecular formula is C10H20Cl2N+. The van der Waals surface area contributed by atoms with E-state index in [4.69, 9.17) is 23.6 Å². The van der Waals surface area contributed by atoms with Gasteiger partial charge in [0.25, 0.3) is 0 Å². The molecule has 0 aromatic heterocycles. The van der Waals surface area contributed by atoms with Crippen molar-refractivity contribution in [3.63, 3.8) is 0 Å². The van der Waals surface area contributed by atoms with Crippen molar-refractivity contribution in [3.05, 3.63) is 5.92 Å². The van der Waals surface area contributed by atoms with Crippen LogP contribution in [-0.2, 0) is 0 Å². The van der Waals surface area contributed by atoms with Crippen molar-refractivity contribution in [1.82, 2.24) is 3.94 Å². The Hall–Kier alpha value is 0.410. The van der Waals surface area contributed by atoms with E-state index in [1.54, 1.807) is 0 Å². The minimum Gasteiger partial charge on any atom is -0.122 e. The predicted octanol–water partition coefficient (Wildman–Crippen LogP) is 4.41. The summed E-state index contributed by atoms with van der Waals surface area (Å²) in [5.41, 5.74) is 0.0293. The summed E-state index contributed by atoms with van der Waals surface area (Å²) >= 11 is 11.5. The van der Waals surface area contributed by atoms with Gasteiger partial charge in [-0.25, -0.2) is 0 Å². The van der Waals surface area contributed by atoms with E-state index in [-0.39, 0.29) is 11.0 Å². The van der Waals surface area contributed by atoms with E-state index >= 15 is 0 Å². The first kappa shape index (κ1) is 13.4. The third kappa shape index (κ3) is 4.44. The third-order valence-corrected chi connectivity index (χ3v) is 3.35. The fourth-order valence-corrected chi connectivity index (χ4v) is 1.09. The van der Waals surface area contributed by atoms with E-state index in [9.17, 15) is 0 Å². The molecule has 0 unspecified atom stereocenters. The standard InChI is InChI=1S/C10H20Cl2N/c1-8(9(2,3)4)7-10(5,6)13(11)12/h7H2,1-6H3/q+1. The van der Waals surface area contributed by atoms with E-state index in [2.05, 4.69) is 27.7 Å². The van der Waals surface area contributed by atoms with E-state index in [1.165, 1.54) is 9.86 Å². The maximum atomic E-state index is 5.75. The van der Waals surface area contributed by atoms with Gasteiger partial charge < -0.3 is 0 Å². The highest BCUT2D eigenvalue weighted by Gasteiger charge is 2.39. The Balaban J connectivity index is 4.28. The van der Waals surface area contributed by atoms with Crippen LogP contribution in [0, 0.1) is 11.3 Å². The van der Waals surface area contributed by atoms with Crippen molar-refractivity contribution >= 4 is 23.6 Å². The Morgan fingerprint density at radius 2 is 1.46 bits per heavy atom. The van der Waals surface area contributed by atoms with Gasteiger partial charge in [-0.1, -0.05) is 0 Å². The molecule has 0 heterocycles. The molecule has 0 spiro atoms. The average Bonchev–Trinajstić information content (AvgIpc) is 1.83. The summed E-state index contributed by atoms with van der Waals surface area (Å²) in [6.45, 7) is 12.8. The minimum absolute atomic E-state index is 0.194. The number of rotatable bonds is 3. The summed E-state index contributed by atoms with van der Waals surface area (Å²) in [6.07, 6.45) is 0.906. The Morgan fingerprint density at radius 3 is 1.69 bits per heavy atom. The second kappa shape index (κ2) is 4.29. The molecule has 13 heavy (non-hydrogen) atoms. The lowest BCUT2D eigenvalue weighted by Gasteiger charge is -2.28. The topological polar surface area (TPSA) is 3.24 Å². The molecule has 0 amide bonds. The van der Waals surface area contributed by atoms with Gasteiger partial charge in [-0.3, -0.25) is 0 Å². The molecule has 1 nitrogen and oxygen atoms in total. The van der Waals surface area contributed by atoms with Gasteiger partial charge in [-0.2, -0.15) is 0 Å². The van der Waals surface area contributed by atoms with Crippen LogP contribution in [0.15, 0.2) is 0 Å². The number of hydrogen-bond donors (Lipinski definition) is 0. The molecule has 0 aromatic carbocycles. The zero-order valence-electron chi connectivity index (χ0n) is 9.41. The van der Waals surface area contributed by atoms with Crippen molar-refractivity contribution in [3.8, 4) is 0 Å². The first-order valence-corrected chi connectivity index (χ1v) is 5.19. The lowest BCUT2D eigenvalue weighted by Crippen LogP contribution is -2.35. The van der Waals surface area contributed by atoms with Crippen LogP contribution in [0.2, 0.25) is 0 Å². The molecule has 0 aliphatic heterocycles. The Labute approximate surface area is 92.6 Å². The summed E-state index contributed by atoms with van der Waals surface area (Å²) in [4.78, 5) is 0. The molecule has 0 radical (unpaired) electrons. The van der Waals surface area contributed by atoms with Crippen LogP contribution in [-0.4, -0.2) is 9.48 Å². The maximum absolute atomic E-state index is 5.75. The highest BCUT2D eigenvalue weighted by Crippen LogP contribution is 2.37. The molecule has 0 aliphatic rings. The largest absolute Gasteiger partial charge is 0.122 e. The zero-order valence-corrected chi connectivity index (χ0v) is 10.9. The van der Waals surface area contributed by atoms with E-state index < -0.39 is 0 Å². The predicted molar refractivity (Wildman–Crippen MR) is 60.6 cm³/mol. The van der Waals surface area contributed by atoms with Gasteiger partial charge in [-0.05, 0) is 58.2 Å². The molecule has 0 saturated heterocycles. The Bertz CT molecular complexity index is 159. The first-order chi connectivity index (χ1) is 5.57. The van der Waals surface area contributed by atoms with Crippen molar-refractivity contribution in [2.75, 3.05) is 0 Å². The first-order valence-electron chi connectivity index (χ1n) is 4.52. The van der Waals surface area contributed by atoms with Crippen molar-refractivity contribution in [2.24, 2.45) is 5.41 Å². The summed E-state index contributed by atoms with van der Waals surface area (Å²) in [5.74, 6) is 1.41. The summed E-state index contributed by atoms with van der Waals surface area (Å²) in [6, 6.07) is 0. The van der Waals surface area contributed by atoms with Crippen LogP contribution in [0.4, 0.5) is 0 Å². The van der Waals surface area contributed by atoms with Crippen molar-refractivity contribution in [1.29, 1.82) is 0 Å². The van der Waals surface area contributed by atoms with Crippen LogP contribution >= 0.6 is 23.6 Å². The molecule has 0 aliphatic carbocycles. The van der Waals surface area contributed by atoms with Gasteiger partial charge in [0.2, 0.25) is 0 Å². The second-order valence-electron chi connectivity index (χ2n) is 5.25. The van der Waals surface area contributed by atoms with Gasteiger partial charge >= 0.3 is 0 Å². The molecule has 78 valence electrons. The molecule has 0 atom stereocenters. The quantitative estimate of drug-likeness (QED) is 0.508. The fourth-order valence-electron chi connectivity index (χ4n) is 0.974. The van der Waals surface area contributed by atoms with Crippen LogP contribution in [0.25, 0.3) is 0 Å². The van der Waals surface area contributed by atoms with Crippen LogP contribution in [0.3, 0.4) is 0 Å². The summed E-state index contributed by atoms with van der Waals surface area (Å²) < 4.78 is 1.24. The molecule has 0 saturated carbocycles. The van der Waals surface area contributed by atoms with Crippen molar-refractivity contribution in [2.45, 2.75) is 53.5 Å². The van der Waals surface area contributed by atoms with Gasteiger partial charge in [0.15, 0.2) is 0 Å². The van der Waals surface area contributed by atoms with Gasteiger partial charge in [-0.15, -0.1) is 3.94 Å². The lowest BCUT2D eigenvalue weighted by atomic mass is 9.76. The molecule has 0 fully saturated rings. The van der Waals surface area contributed by atoms with E-state index in [0.717, 1.165) is 6.42 Å². The van der Waals surface area contributed by atoms with Crippen LogP contribution in [0.1, 0.15) is 48.0 Å². The number of halogens is 2. The van der Waals surface area contributed by atoms with Gasteiger partial charge in [0.1, 0.15) is 11.8 Å². The Morgan fingerprint density at radius 1 is 1.08 bits per heavy atom. The molecule has 0 rings (SSSR count). The smallest absolute Gasteiger partial charge is 0.111 e. The number of hydrogen-bond acceptors (Lipinski definition) is 1. The van der Waals surface area contributed by atoms with Crippen molar-refractivity contribution < 1.29 is 0 Å². The van der Waals surface area contributed by atoms with Gasteiger partial charge in [0, 0.05) is 0 Å². The van der Waals surface area contributed by atoms with Gasteiger partial charge in [0.05, 0.1) is 18.4 Å². The molecule has 0 aromatic rings. The molecular weight excluding hydrogens is 205 g/mol. The monoisotopic (exact) mass is 224 g/mol. The lowest BCUT2D eigenvalue weighted by molar-refractivity contribution is 0.287. The van der Waals surface area contributed by atoms with Crippen LogP contribution < -0.4 is 0 Å². The second-order valence-corrected chi connectivity index (χ2v) is 6.10.